The molecular formula is C40H24N4. The zero-order chi connectivity index (χ0) is 29.6. The van der Waals surface area contributed by atoms with Crippen molar-refractivity contribution in [2.75, 3.05) is 4.90 Å². The first-order valence-electron chi connectivity index (χ1n) is 14.5. The number of hydrogen-bond donors (Lipinski definition) is 0. The molecule has 204 valence electrons. The summed E-state index contributed by atoms with van der Waals surface area (Å²) in [5, 5.41) is 14.4. The van der Waals surface area contributed by atoms with E-state index in [2.05, 4.69) is 117 Å². The van der Waals surface area contributed by atoms with Gasteiger partial charge in [-0.1, -0.05) is 72.8 Å². The fourth-order valence-corrected chi connectivity index (χ4v) is 6.39. The Morgan fingerprint density at radius 1 is 0.591 bits per heavy atom. The summed E-state index contributed by atoms with van der Waals surface area (Å²) in [7, 11) is 0. The predicted octanol–water partition coefficient (Wildman–Crippen LogP) is 10.9. The van der Waals surface area contributed by atoms with Gasteiger partial charge in [0.25, 0.3) is 0 Å². The SMILES string of the molecule is [C-]#[N+]c1ccc(N(c2ccc(C#N)cc2)c2ccc(-c3ccc4c5c3ccc3cccc(c35)n4-c3ccccc3)cc2)cc1. The third-order valence-corrected chi connectivity index (χ3v) is 8.40. The van der Waals surface area contributed by atoms with E-state index in [4.69, 9.17) is 6.57 Å². The number of hydrogen-bond acceptors (Lipinski definition) is 2. The Morgan fingerprint density at radius 2 is 1.25 bits per heavy atom. The zero-order valence-electron chi connectivity index (χ0n) is 23.6. The third kappa shape index (κ3) is 3.98. The lowest BCUT2D eigenvalue weighted by Gasteiger charge is -2.26. The van der Waals surface area contributed by atoms with Gasteiger partial charge >= 0.3 is 0 Å². The average Bonchev–Trinajstić information content (AvgIpc) is 3.44. The molecule has 0 spiro atoms. The largest absolute Gasteiger partial charge is 0.311 e. The van der Waals surface area contributed by atoms with Crippen LogP contribution in [0, 0.1) is 17.9 Å². The molecule has 1 aromatic heterocycles. The van der Waals surface area contributed by atoms with Gasteiger partial charge in [0.05, 0.1) is 29.2 Å². The van der Waals surface area contributed by atoms with Crippen LogP contribution in [0.1, 0.15) is 5.56 Å². The molecule has 0 aliphatic heterocycles. The minimum atomic E-state index is 0.595. The molecule has 0 fully saturated rings. The molecule has 0 N–H and O–H groups in total. The van der Waals surface area contributed by atoms with Crippen molar-refractivity contribution >= 4 is 55.3 Å². The molecule has 0 saturated carbocycles. The average molecular weight is 561 g/mol. The summed E-state index contributed by atoms with van der Waals surface area (Å²) < 4.78 is 2.37. The van der Waals surface area contributed by atoms with E-state index in [9.17, 15) is 5.26 Å². The summed E-state index contributed by atoms with van der Waals surface area (Å²) >= 11 is 0. The lowest BCUT2D eigenvalue weighted by atomic mass is 9.94. The number of nitriles is 1. The monoisotopic (exact) mass is 560 g/mol. The van der Waals surface area contributed by atoms with Gasteiger partial charge in [0.2, 0.25) is 0 Å². The number of benzene rings is 7. The molecule has 7 aromatic carbocycles. The Labute approximate surface area is 255 Å². The highest BCUT2D eigenvalue weighted by atomic mass is 15.1. The van der Waals surface area contributed by atoms with Crippen LogP contribution >= 0.6 is 0 Å². The minimum absolute atomic E-state index is 0.595. The Bertz CT molecular complexity index is 2310. The highest BCUT2D eigenvalue weighted by Crippen LogP contribution is 2.43. The highest BCUT2D eigenvalue weighted by Gasteiger charge is 2.19. The van der Waals surface area contributed by atoms with Crippen molar-refractivity contribution in [2.24, 2.45) is 0 Å². The zero-order valence-corrected chi connectivity index (χ0v) is 23.6. The summed E-state index contributed by atoms with van der Waals surface area (Å²) in [6.07, 6.45) is 0. The number of para-hydroxylation sites is 1. The fourth-order valence-electron chi connectivity index (χ4n) is 6.39. The van der Waals surface area contributed by atoms with Gasteiger partial charge in [0.15, 0.2) is 5.69 Å². The molecule has 4 heteroatoms. The maximum absolute atomic E-state index is 9.33. The van der Waals surface area contributed by atoms with Crippen LogP contribution in [0.3, 0.4) is 0 Å². The molecule has 0 aliphatic rings. The fraction of sp³-hybridized carbons (Fsp3) is 0. The maximum atomic E-state index is 9.33. The van der Waals surface area contributed by atoms with Gasteiger partial charge in [-0.3, -0.25) is 0 Å². The van der Waals surface area contributed by atoms with Gasteiger partial charge in [-0.15, -0.1) is 0 Å². The molecule has 0 bridgehead atoms. The first kappa shape index (κ1) is 25.4. The summed E-state index contributed by atoms with van der Waals surface area (Å²) in [5.74, 6) is 0. The van der Waals surface area contributed by atoms with E-state index in [-0.39, 0.29) is 0 Å². The summed E-state index contributed by atoms with van der Waals surface area (Å²) in [6.45, 7) is 7.35. The molecule has 0 amide bonds. The topological polar surface area (TPSA) is 36.3 Å². The van der Waals surface area contributed by atoms with Crippen molar-refractivity contribution < 1.29 is 0 Å². The normalized spacial score (nSPS) is 11.1. The molecule has 8 rings (SSSR count). The molecule has 4 nitrogen and oxygen atoms in total. The lowest BCUT2D eigenvalue weighted by Crippen LogP contribution is -2.09. The van der Waals surface area contributed by atoms with Crippen molar-refractivity contribution in [3.8, 4) is 22.9 Å². The molecule has 44 heavy (non-hydrogen) atoms. The summed E-state index contributed by atoms with van der Waals surface area (Å²) in [4.78, 5) is 5.70. The standard InChI is InChI=1S/C40H24N4/c1-42-30-15-21-34(22-16-30)43(32-17-10-27(26-41)11-18-32)33-19-12-28(13-20-33)35-24-25-38-40-36(35)23-14-29-6-5-9-37(39(29)40)44(38)31-7-3-2-4-8-31/h2-25H. The van der Waals surface area contributed by atoms with E-state index in [0.717, 1.165) is 28.3 Å². The van der Waals surface area contributed by atoms with Gasteiger partial charge < -0.3 is 9.47 Å². The van der Waals surface area contributed by atoms with E-state index in [1.165, 1.54) is 38.1 Å². The van der Waals surface area contributed by atoms with E-state index in [1.807, 2.05) is 48.5 Å². The molecule has 0 aliphatic carbocycles. The maximum Gasteiger partial charge on any atom is 0.187 e. The van der Waals surface area contributed by atoms with Crippen molar-refractivity contribution in [1.29, 1.82) is 5.26 Å². The molecule has 1 heterocycles. The summed E-state index contributed by atoms with van der Waals surface area (Å²) in [6, 6.07) is 52.1. The van der Waals surface area contributed by atoms with Crippen molar-refractivity contribution in [3.05, 3.63) is 163 Å². The Morgan fingerprint density at radius 3 is 1.93 bits per heavy atom. The first-order valence-corrected chi connectivity index (χ1v) is 14.5. The number of anilines is 3. The quantitative estimate of drug-likeness (QED) is 0.155. The first-order chi connectivity index (χ1) is 21.7. The van der Waals surface area contributed by atoms with Crippen LogP contribution in [0.5, 0.6) is 0 Å². The van der Waals surface area contributed by atoms with Crippen molar-refractivity contribution in [3.63, 3.8) is 0 Å². The van der Waals surface area contributed by atoms with Crippen molar-refractivity contribution in [2.45, 2.75) is 0 Å². The molecule has 0 atom stereocenters. The third-order valence-electron chi connectivity index (χ3n) is 8.40. The second-order valence-corrected chi connectivity index (χ2v) is 10.8. The smallest absolute Gasteiger partial charge is 0.187 e. The molecular weight excluding hydrogens is 536 g/mol. The second kappa shape index (κ2) is 10.2. The highest BCUT2D eigenvalue weighted by molar-refractivity contribution is 6.26. The second-order valence-electron chi connectivity index (χ2n) is 10.8. The van der Waals surface area contributed by atoms with Crippen LogP contribution in [-0.4, -0.2) is 4.57 Å². The predicted molar refractivity (Wildman–Crippen MR) is 181 cm³/mol. The van der Waals surface area contributed by atoms with Crippen LogP contribution in [0.15, 0.2) is 146 Å². The van der Waals surface area contributed by atoms with Gasteiger partial charge in [0.1, 0.15) is 0 Å². The van der Waals surface area contributed by atoms with E-state index in [1.54, 1.807) is 0 Å². The van der Waals surface area contributed by atoms with E-state index < -0.39 is 0 Å². The van der Waals surface area contributed by atoms with Gasteiger partial charge in [0, 0.05) is 33.5 Å². The van der Waals surface area contributed by atoms with Crippen LogP contribution < -0.4 is 4.90 Å². The molecule has 8 aromatic rings. The minimum Gasteiger partial charge on any atom is -0.311 e. The number of nitrogens with zero attached hydrogens (tertiary/aromatic N) is 4. The Hall–Kier alpha value is -6.36. The van der Waals surface area contributed by atoms with Crippen molar-refractivity contribution in [1.82, 2.24) is 4.57 Å². The Kier molecular flexibility index (Phi) is 5.86. The summed E-state index contributed by atoms with van der Waals surface area (Å²) in [5.41, 5.74) is 9.97. The van der Waals surface area contributed by atoms with E-state index >= 15 is 0 Å². The van der Waals surface area contributed by atoms with Gasteiger partial charge in [-0.05, 0) is 94.7 Å². The van der Waals surface area contributed by atoms with E-state index in [0.29, 0.717) is 11.3 Å². The van der Waals surface area contributed by atoms with Crippen LogP contribution in [0.4, 0.5) is 22.7 Å². The van der Waals surface area contributed by atoms with Gasteiger partial charge in [-0.2, -0.15) is 5.26 Å². The van der Waals surface area contributed by atoms with Crippen LogP contribution in [-0.2, 0) is 0 Å². The Balaban J connectivity index is 1.27. The molecule has 0 saturated heterocycles. The lowest BCUT2D eigenvalue weighted by molar-refractivity contribution is 1.18. The van der Waals surface area contributed by atoms with Crippen LogP contribution in [0.2, 0.25) is 0 Å². The van der Waals surface area contributed by atoms with Gasteiger partial charge in [-0.25, -0.2) is 4.85 Å². The molecule has 0 unspecified atom stereocenters. The van der Waals surface area contributed by atoms with Crippen LogP contribution in [0.25, 0.3) is 54.2 Å². The molecule has 0 radical (unpaired) electrons. The number of rotatable bonds is 5. The number of aromatic nitrogens is 1.